The van der Waals surface area contributed by atoms with Gasteiger partial charge in [-0.3, -0.25) is 19.5 Å². The highest BCUT2D eigenvalue weighted by molar-refractivity contribution is 6.52. The van der Waals surface area contributed by atoms with Gasteiger partial charge in [-0.2, -0.15) is 13.2 Å². The summed E-state index contributed by atoms with van der Waals surface area (Å²) in [5, 5.41) is 18.3. The predicted octanol–water partition coefficient (Wildman–Crippen LogP) is 5.47. The summed E-state index contributed by atoms with van der Waals surface area (Å²) in [5.74, 6) is 0.120. The average molecular weight is 644 g/mol. The summed E-state index contributed by atoms with van der Waals surface area (Å²) < 4.78 is 50.4. The summed E-state index contributed by atoms with van der Waals surface area (Å²) in [6.07, 6.45) is 1.39. The molecule has 10 nitrogen and oxygen atoms in total. The van der Waals surface area contributed by atoms with Crippen LogP contribution in [-0.4, -0.2) is 75.9 Å². The first-order chi connectivity index (χ1) is 22.5. The van der Waals surface area contributed by atoms with E-state index in [-0.39, 0.29) is 36.7 Å². The smallest absolute Gasteiger partial charge is 0.416 e. The van der Waals surface area contributed by atoms with Crippen LogP contribution in [0.4, 0.5) is 30.4 Å². The van der Waals surface area contributed by atoms with E-state index in [4.69, 9.17) is 2.97 Å². The molecule has 4 N–H and O–H groups in total. The normalized spacial score (nSPS) is 16.5. The van der Waals surface area contributed by atoms with Gasteiger partial charge >= 0.3 is 13.2 Å². The van der Waals surface area contributed by atoms with Crippen LogP contribution in [0.5, 0.6) is 0 Å². The van der Waals surface area contributed by atoms with Gasteiger partial charge in [-0.25, -0.2) is 4.98 Å². The molecule has 1 aromatic carbocycles. The van der Waals surface area contributed by atoms with Crippen molar-refractivity contribution in [1.82, 2.24) is 19.8 Å². The molecule has 2 aliphatic rings. The van der Waals surface area contributed by atoms with Crippen molar-refractivity contribution >= 4 is 36.1 Å². The molecule has 0 bridgehead atoms. The number of aromatic nitrogens is 2. The monoisotopic (exact) mass is 643 g/mol. The van der Waals surface area contributed by atoms with Crippen LogP contribution in [-0.2, 0) is 17.5 Å². The molecular formula is C32H43BF3N7O3. The number of anilines is 3. The maximum Gasteiger partial charge on any atom is 0.416 e. The molecule has 2 aliphatic heterocycles. The number of rotatable bonds is 9. The van der Waals surface area contributed by atoms with Gasteiger partial charge in [0.1, 0.15) is 11.5 Å². The van der Waals surface area contributed by atoms with Crippen molar-refractivity contribution in [2.75, 3.05) is 42.0 Å². The van der Waals surface area contributed by atoms with Gasteiger partial charge in [0.15, 0.2) is 0 Å². The first kappa shape index (κ1) is 33.2. The maximum atomic E-state index is 13.5. The van der Waals surface area contributed by atoms with E-state index in [1.165, 1.54) is 18.3 Å². The molecule has 2 amide bonds. The minimum atomic E-state index is -4.57. The molecule has 0 radical (unpaired) electrons. The third kappa shape index (κ3) is 9.19. The van der Waals surface area contributed by atoms with Crippen LogP contribution in [0, 0.1) is 5.92 Å². The van der Waals surface area contributed by atoms with E-state index in [1.807, 2.05) is 17.0 Å². The number of hydrogen-bond donors (Lipinski definition) is 4. The van der Waals surface area contributed by atoms with Crippen LogP contribution in [0.2, 0.25) is 6.82 Å². The number of halogens is 3. The molecule has 2 fully saturated rings. The number of nitrogens with one attached hydrogen (secondary N) is 3. The largest absolute Gasteiger partial charge is 0.433 e. The van der Waals surface area contributed by atoms with Gasteiger partial charge in [-0.05, 0) is 93.6 Å². The van der Waals surface area contributed by atoms with Crippen molar-refractivity contribution < 1.29 is 30.8 Å². The number of benzene rings is 1. The van der Waals surface area contributed by atoms with Crippen LogP contribution in [0.15, 0.2) is 60.9 Å². The minimum Gasteiger partial charge on any atom is -0.433 e. The lowest BCUT2D eigenvalue weighted by Gasteiger charge is -2.38. The Balaban J connectivity index is 0.00000204. The molecule has 248 valence electrons. The number of pyridine rings is 2. The van der Waals surface area contributed by atoms with Crippen molar-refractivity contribution in [1.29, 1.82) is 0 Å². The Morgan fingerprint density at radius 2 is 1.74 bits per heavy atom. The molecule has 4 heterocycles. The van der Waals surface area contributed by atoms with Gasteiger partial charge in [-0.1, -0.05) is 13.5 Å². The molecule has 0 aliphatic carbocycles. The van der Waals surface area contributed by atoms with Crippen molar-refractivity contribution in [3.63, 3.8) is 0 Å². The Kier molecular flexibility index (Phi) is 11.1. The van der Waals surface area contributed by atoms with E-state index in [9.17, 15) is 27.8 Å². The number of carbonyl (C=O) groups excluding carboxylic acids is 2. The third-order valence-corrected chi connectivity index (χ3v) is 8.18. The first-order valence-electron chi connectivity index (χ1n) is 16.2. The van der Waals surface area contributed by atoms with E-state index in [0.29, 0.717) is 37.4 Å². The summed E-state index contributed by atoms with van der Waals surface area (Å²) in [6, 6.07) is 11.8. The Labute approximate surface area is 271 Å². The SMILES string of the molecule is C.CB(O)Nc1cc(CN2CCC(C(=O)N3CCC(Nc4ccc(C(F)(F)F)cc4NC(=O)c4ccccn4)CC3)CC2)ccn1.[2H][2H]. The van der Waals surface area contributed by atoms with Crippen molar-refractivity contribution in [2.24, 2.45) is 5.92 Å². The van der Waals surface area contributed by atoms with Crippen LogP contribution in [0.1, 0.15) is 57.7 Å². The molecule has 14 heteroatoms. The quantitative estimate of drug-likeness (QED) is 0.227. The van der Waals surface area contributed by atoms with E-state index >= 15 is 0 Å². The summed E-state index contributed by atoms with van der Waals surface area (Å²) in [7, 11) is -0.692. The van der Waals surface area contributed by atoms with Gasteiger partial charge in [0.05, 0.1) is 16.9 Å². The van der Waals surface area contributed by atoms with Gasteiger partial charge in [0.2, 0.25) is 5.91 Å². The first-order valence-corrected chi connectivity index (χ1v) is 15.2. The fourth-order valence-electron chi connectivity index (χ4n) is 5.82. The lowest BCUT2D eigenvalue weighted by Crippen LogP contribution is -2.47. The minimum absolute atomic E-state index is 0. The van der Waals surface area contributed by atoms with Gasteiger partial charge in [-0.15, -0.1) is 0 Å². The summed E-state index contributed by atoms with van der Waals surface area (Å²) in [5.41, 5.74) is 0.713. The van der Waals surface area contributed by atoms with E-state index in [2.05, 4.69) is 30.7 Å². The summed E-state index contributed by atoms with van der Waals surface area (Å²) in [4.78, 5) is 38.5. The van der Waals surface area contributed by atoms with Crippen LogP contribution in [0.25, 0.3) is 0 Å². The zero-order valence-electron chi connectivity index (χ0n) is 27.1. The number of alkyl halides is 3. The predicted molar refractivity (Wildman–Crippen MR) is 175 cm³/mol. The number of nitrogens with zero attached hydrogens (tertiary/aromatic N) is 4. The lowest BCUT2D eigenvalue weighted by molar-refractivity contribution is -0.138. The van der Waals surface area contributed by atoms with Crippen molar-refractivity contribution in [3.8, 4) is 0 Å². The molecule has 0 spiro atoms. The zero-order chi connectivity index (χ0) is 34.0. The number of piperidine rings is 2. The molecule has 46 heavy (non-hydrogen) atoms. The van der Waals surface area contributed by atoms with Gasteiger partial charge in [0, 0.05) is 47.0 Å². The van der Waals surface area contributed by atoms with E-state index < -0.39 is 24.7 Å². The van der Waals surface area contributed by atoms with Crippen LogP contribution in [0.3, 0.4) is 0 Å². The second kappa shape index (κ2) is 15.4. The fourth-order valence-corrected chi connectivity index (χ4v) is 5.82. The van der Waals surface area contributed by atoms with E-state index in [0.717, 1.165) is 50.2 Å². The van der Waals surface area contributed by atoms with Crippen molar-refractivity contribution in [3.05, 3.63) is 77.7 Å². The Bertz CT molecular complexity index is 1470. The molecule has 2 saturated heterocycles. The number of amides is 2. The number of hydrogen-bond acceptors (Lipinski definition) is 8. The lowest BCUT2D eigenvalue weighted by atomic mass is 9.89. The number of likely N-dealkylation sites (tertiary alicyclic amines) is 2. The summed E-state index contributed by atoms with van der Waals surface area (Å²) >= 11 is 0. The Morgan fingerprint density at radius 3 is 2.39 bits per heavy atom. The Hall–Kier alpha value is -4.17. The molecule has 3 aromatic rings. The highest BCUT2D eigenvalue weighted by Crippen LogP contribution is 2.35. The average Bonchev–Trinajstić information content (AvgIpc) is 3.06. The molecule has 0 unspecified atom stereocenters. The van der Waals surface area contributed by atoms with Crippen LogP contribution >= 0.6 is 0 Å². The molecule has 2 aromatic heterocycles. The topological polar surface area (TPSA) is 123 Å². The zero-order valence-corrected chi connectivity index (χ0v) is 25.1. The van der Waals surface area contributed by atoms with Crippen molar-refractivity contribution in [2.45, 2.75) is 58.7 Å². The fraction of sp³-hybridized carbons (Fsp3) is 0.438. The maximum absolute atomic E-state index is 13.5. The molecule has 0 saturated carbocycles. The highest BCUT2D eigenvalue weighted by atomic mass is 19.4. The molecule has 0 atom stereocenters. The molecule has 5 rings (SSSR count). The Morgan fingerprint density at radius 1 is 1.00 bits per heavy atom. The van der Waals surface area contributed by atoms with E-state index in [1.54, 1.807) is 25.2 Å². The second-order valence-corrected chi connectivity index (χ2v) is 11.6. The molecular weight excluding hydrogens is 598 g/mol. The highest BCUT2D eigenvalue weighted by Gasteiger charge is 2.33. The third-order valence-electron chi connectivity index (χ3n) is 8.18. The summed E-state index contributed by atoms with van der Waals surface area (Å²) in [6.45, 7) is 5.07. The van der Waals surface area contributed by atoms with Crippen LogP contribution < -0.4 is 15.9 Å². The van der Waals surface area contributed by atoms with Gasteiger partial charge in [0.25, 0.3) is 5.91 Å². The second-order valence-electron chi connectivity index (χ2n) is 11.6. The number of carbonyl (C=O) groups is 2. The standard InChI is InChI=1S/C31H37BF3N7O3.CH4.H2/c1-32(45)40-28-18-21(7-13-37-28)20-41-14-8-22(9-15-41)30(44)42-16-10-24(11-17-42)38-25-6-5-23(31(33,34)35)19-27(25)39-29(43)26-4-2-3-12-36-26;;/h2-7,12-13,18-19,22,24,38,45H,8-11,14-17,20H2,1H3,(H,37,40)(H,39,43);1H4;1H/i;;1+1D. The van der Waals surface area contributed by atoms with Gasteiger partial charge < -0.3 is 25.8 Å².